The molecule has 0 spiro atoms. The molecule has 1 heterocycles. The highest BCUT2D eigenvalue weighted by atomic mass is 16.5. The lowest BCUT2D eigenvalue weighted by Crippen LogP contribution is -2.04. The number of nitrogens with one attached hydrogen (secondary N) is 1. The van der Waals surface area contributed by atoms with Crippen molar-refractivity contribution < 1.29 is 9.84 Å². The Balaban J connectivity index is 2.61. The molecule has 0 bridgehead atoms. The van der Waals surface area contributed by atoms with Gasteiger partial charge >= 0.3 is 0 Å². The molecule has 1 aromatic rings. The zero-order valence-electron chi connectivity index (χ0n) is 7.54. The van der Waals surface area contributed by atoms with Crippen molar-refractivity contribution in [1.29, 1.82) is 0 Å². The third kappa shape index (κ3) is 2.91. The summed E-state index contributed by atoms with van der Waals surface area (Å²) in [7, 11) is 1.63. The van der Waals surface area contributed by atoms with Gasteiger partial charge in [-0.15, -0.1) is 0 Å². The van der Waals surface area contributed by atoms with Gasteiger partial charge < -0.3 is 9.84 Å². The van der Waals surface area contributed by atoms with Crippen LogP contribution in [-0.4, -0.2) is 23.8 Å². The summed E-state index contributed by atoms with van der Waals surface area (Å²) in [5.41, 5.74) is 0.463. The summed E-state index contributed by atoms with van der Waals surface area (Å²) in [6, 6.07) is 3.03. The first kappa shape index (κ1) is 9.80. The number of ether oxygens (including phenoxy) is 1. The molecule has 4 heteroatoms. The minimum absolute atomic E-state index is 0.0383. The van der Waals surface area contributed by atoms with Gasteiger partial charge in [0, 0.05) is 25.3 Å². The van der Waals surface area contributed by atoms with E-state index in [4.69, 9.17) is 4.74 Å². The Morgan fingerprint density at radius 1 is 1.54 bits per heavy atom. The van der Waals surface area contributed by atoms with Crippen LogP contribution in [0.25, 0.3) is 0 Å². The van der Waals surface area contributed by atoms with Gasteiger partial charge in [0.05, 0.1) is 0 Å². The molecular weight excluding hydrogens is 170 g/mol. The van der Waals surface area contributed by atoms with Crippen molar-refractivity contribution in [1.82, 2.24) is 4.98 Å². The smallest absolute Gasteiger partial charge is 0.250 e. The largest absolute Gasteiger partial charge is 0.494 e. The van der Waals surface area contributed by atoms with Gasteiger partial charge in [-0.3, -0.25) is 9.78 Å². The normalized spacial score (nSPS) is 10.2. The number of hydrogen-bond donors (Lipinski definition) is 2. The second-order valence-corrected chi connectivity index (χ2v) is 2.79. The molecule has 0 amide bonds. The molecule has 0 saturated carbocycles. The van der Waals surface area contributed by atoms with Crippen LogP contribution in [0.3, 0.4) is 0 Å². The second kappa shape index (κ2) is 4.67. The molecule has 0 aliphatic heterocycles. The van der Waals surface area contributed by atoms with Crippen LogP contribution in [0, 0.1) is 0 Å². The van der Waals surface area contributed by atoms with Gasteiger partial charge in [0.25, 0.3) is 5.56 Å². The maximum Gasteiger partial charge on any atom is 0.250 e. The van der Waals surface area contributed by atoms with E-state index in [1.165, 1.54) is 6.07 Å². The van der Waals surface area contributed by atoms with Gasteiger partial charge in [-0.2, -0.15) is 0 Å². The first-order valence-corrected chi connectivity index (χ1v) is 4.14. The average Bonchev–Trinajstić information content (AvgIpc) is 2.09. The van der Waals surface area contributed by atoms with Gasteiger partial charge in [-0.05, 0) is 18.9 Å². The molecule has 0 aliphatic rings. The molecule has 0 radical (unpaired) electrons. The van der Waals surface area contributed by atoms with Crippen LogP contribution in [-0.2, 0) is 11.2 Å². The molecule has 0 aromatic carbocycles. The topological polar surface area (TPSA) is 62.3 Å². The monoisotopic (exact) mass is 183 g/mol. The maximum absolute atomic E-state index is 10.7. The van der Waals surface area contributed by atoms with E-state index in [1.807, 2.05) is 0 Å². The molecule has 0 aliphatic carbocycles. The minimum atomic E-state index is -0.284. The van der Waals surface area contributed by atoms with Crippen molar-refractivity contribution >= 4 is 0 Å². The highest BCUT2D eigenvalue weighted by molar-refractivity contribution is 5.23. The summed E-state index contributed by atoms with van der Waals surface area (Å²) >= 11 is 0. The van der Waals surface area contributed by atoms with E-state index in [1.54, 1.807) is 13.2 Å². The van der Waals surface area contributed by atoms with Gasteiger partial charge in [-0.1, -0.05) is 0 Å². The van der Waals surface area contributed by atoms with E-state index in [0.717, 1.165) is 12.0 Å². The average molecular weight is 183 g/mol. The van der Waals surface area contributed by atoms with Crippen LogP contribution in [0.2, 0.25) is 0 Å². The fourth-order valence-electron chi connectivity index (χ4n) is 1.10. The van der Waals surface area contributed by atoms with Crippen molar-refractivity contribution in [3.63, 3.8) is 0 Å². The predicted octanol–water partition coefficient (Wildman–Crippen LogP) is 0.659. The van der Waals surface area contributed by atoms with E-state index in [0.29, 0.717) is 13.0 Å². The zero-order valence-corrected chi connectivity index (χ0v) is 7.54. The summed E-state index contributed by atoms with van der Waals surface area (Å²) in [6.45, 7) is 0.651. The number of aryl methyl sites for hydroxylation is 1. The van der Waals surface area contributed by atoms with Gasteiger partial charge in [-0.25, -0.2) is 0 Å². The lowest BCUT2D eigenvalue weighted by Gasteiger charge is -2.02. The quantitative estimate of drug-likeness (QED) is 0.674. The Morgan fingerprint density at radius 2 is 2.31 bits per heavy atom. The van der Waals surface area contributed by atoms with E-state index in [-0.39, 0.29) is 11.4 Å². The van der Waals surface area contributed by atoms with Crippen LogP contribution in [0.1, 0.15) is 12.0 Å². The summed E-state index contributed by atoms with van der Waals surface area (Å²) in [5.74, 6) is -0.0383. The first-order chi connectivity index (χ1) is 6.24. The first-order valence-electron chi connectivity index (χ1n) is 4.14. The standard InChI is InChI=1S/C9H13NO3/c1-13-6-2-3-7-4-5-8(11)10-9(7)12/h4-5H,2-3,6H2,1H3,(H2,10,11,12). The fraction of sp³-hybridized carbons (Fsp3) is 0.444. The molecule has 0 unspecified atom stereocenters. The number of H-pyrrole nitrogens is 1. The molecule has 0 atom stereocenters. The van der Waals surface area contributed by atoms with Gasteiger partial charge in [0.2, 0.25) is 0 Å². The summed E-state index contributed by atoms with van der Waals surface area (Å²) in [4.78, 5) is 13.1. The maximum atomic E-state index is 10.7. The number of aromatic nitrogens is 1. The lowest BCUT2D eigenvalue weighted by molar-refractivity contribution is 0.195. The van der Waals surface area contributed by atoms with Crippen LogP contribution in [0.5, 0.6) is 5.88 Å². The van der Waals surface area contributed by atoms with E-state index >= 15 is 0 Å². The molecule has 1 rings (SSSR count). The number of aromatic amines is 1. The Labute approximate surface area is 76.2 Å². The van der Waals surface area contributed by atoms with Gasteiger partial charge in [0.1, 0.15) is 0 Å². The number of pyridine rings is 1. The van der Waals surface area contributed by atoms with Crippen LogP contribution >= 0.6 is 0 Å². The number of hydrogen-bond acceptors (Lipinski definition) is 3. The molecule has 2 N–H and O–H groups in total. The predicted molar refractivity (Wildman–Crippen MR) is 48.9 cm³/mol. The zero-order chi connectivity index (χ0) is 9.68. The summed E-state index contributed by atoms with van der Waals surface area (Å²) in [6.07, 6.45) is 1.53. The Hall–Kier alpha value is -1.29. The Kier molecular flexibility index (Phi) is 3.52. The van der Waals surface area contributed by atoms with Crippen molar-refractivity contribution in [3.8, 4) is 5.88 Å². The highest BCUT2D eigenvalue weighted by Gasteiger charge is 2.00. The minimum Gasteiger partial charge on any atom is -0.494 e. The molecule has 4 nitrogen and oxygen atoms in total. The van der Waals surface area contributed by atoms with Crippen molar-refractivity contribution in [3.05, 3.63) is 28.0 Å². The second-order valence-electron chi connectivity index (χ2n) is 2.79. The molecule has 72 valence electrons. The van der Waals surface area contributed by atoms with Crippen molar-refractivity contribution in [2.45, 2.75) is 12.8 Å². The van der Waals surface area contributed by atoms with Crippen LogP contribution in [0.4, 0.5) is 0 Å². The molecule has 0 saturated heterocycles. The molecule has 0 fully saturated rings. The van der Waals surface area contributed by atoms with E-state index < -0.39 is 0 Å². The number of aromatic hydroxyl groups is 1. The van der Waals surface area contributed by atoms with Crippen LogP contribution in [0.15, 0.2) is 16.9 Å². The van der Waals surface area contributed by atoms with E-state index in [2.05, 4.69) is 4.98 Å². The fourth-order valence-corrected chi connectivity index (χ4v) is 1.10. The SMILES string of the molecule is COCCCc1ccc(=O)[nH]c1O. The highest BCUT2D eigenvalue weighted by Crippen LogP contribution is 2.11. The summed E-state index contributed by atoms with van der Waals surface area (Å²) < 4.78 is 4.87. The van der Waals surface area contributed by atoms with Crippen molar-refractivity contribution in [2.24, 2.45) is 0 Å². The summed E-state index contributed by atoms with van der Waals surface area (Å²) in [5, 5.41) is 9.29. The third-order valence-electron chi connectivity index (χ3n) is 1.78. The Morgan fingerprint density at radius 3 is 2.92 bits per heavy atom. The van der Waals surface area contributed by atoms with Gasteiger partial charge in [0.15, 0.2) is 5.88 Å². The number of rotatable bonds is 4. The van der Waals surface area contributed by atoms with Crippen LogP contribution < -0.4 is 5.56 Å². The Bertz CT molecular complexity index is 319. The number of methoxy groups -OCH3 is 1. The molecule has 1 aromatic heterocycles. The van der Waals surface area contributed by atoms with E-state index in [9.17, 15) is 9.90 Å². The van der Waals surface area contributed by atoms with Crippen molar-refractivity contribution in [2.75, 3.05) is 13.7 Å². The third-order valence-corrected chi connectivity index (χ3v) is 1.78. The molecule has 13 heavy (non-hydrogen) atoms. The lowest BCUT2D eigenvalue weighted by atomic mass is 10.1. The molecular formula is C9H13NO3.